The fraction of sp³-hybridized carbons (Fsp3) is 0.536. The van der Waals surface area contributed by atoms with Crippen LogP contribution in [0.15, 0.2) is 30.3 Å². The number of ether oxygens (including phenoxy) is 1. The molecule has 2 nitrogen and oxygen atoms in total. The molecule has 1 atom stereocenters. The fourth-order valence-corrected chi connectivity index (χ4v) is 5.72. The van der Waals surface area contributed by atoms with Crippen molar-refractivity contribution in [3.8, 4) is 5.75 Å². The van der Waals surface area contributed by atoms with E-state index in [4.69, 9.17) is 4.74 Å². The molecule has 4 rings (SSSR count). The van der Waals surface area contributed by atoms with Crippen molar-refractivity contribution in [3.05, 3.63) is 63.7 Å². The summed E-state index contributed by atoms with van der Waals surface area (Å²) in [7, 11) is 0. The van der Waals surface area contributed by atoms with Crippen LogP contribution >= 0.6 is 0 Å². The summed E-state index contributed by atoms with van der Waals surface area (Å²) in [6.45, 7) is 8.32. The smallest absolute Gasteiger partial charge is 0.416 e. The van der Waals surface area contributed by atoms with E-state index in [0.29, 0.717) is 18.8 Å². The summed E-state index contributed by atoms with van der Waals surface area (Å²) in [5.41, 5.74) is 4.37. The van der Waals surface area contributed by atoms with E-state index in [1.165, 1.54) is 11.1 Å². The molecule has 5 heteroatoms. The lowest BCUT2D eigenvalue weighted by Crippen LogP contribution is -2.36. The lowest BCUT2D eigenvalue weighted by molar-refractivity contribution is -0.137. The highest BCUT2D eigenvalue weighted by Gasteiger charge is 2.39. The van der Waals surface area contributed by atoms with E-state index in [2.05, 4.69) is 19.9 Å². The number of fused-ring (bicyclic) bond motifs is 1. The molecule has 1 fully saturated rings. The molecule has 1 heterocycles. The molecule has 0 bridgehead atoms. The molecule has 1 unspecified atom stereocenters. The molecule has 33 heavy (non-hydrogen) atoms. The van der Waals surface area contributed by atoms with Crippen LogP contribution in [0.5, 0.6) is 5.75 Å². The van der Waals surface area contributed by atoms with Crippen molar-refractivity contribution in [3.63, 3.8) is 0 Å². The minimum Gasteiger partial charge on any atom is -0.488 e. The van der Waals surface area contributed by atoms with Crippen molar-refractivity contribution in [1.82, 2.24) is 0 Å². The van der Waals surface area contributed by atoms with Crippen LogP contribution in [0.3, 0.4) is 0 Å². The van der Waals surface area contributed by atoms with Crippen LogP contribution in [0.25, 0.3) is 0 Å². The second kappa shape index (κ2) is 8.81. The predicted molar refractivity (Wildman–Crippen MR) is 124 cm³/mol. The highest BCUT2D eigenvalue weighted by molar-refractivity contribution is 5.70. The quantitative estimate of drug-likeness (QED) is 0.425. The highest BCUT2D eigenvalue weighted by atomic mass is 19.4. The Labute approximate surface area is 194 Å². The molecule has 0 spiro atoms. The topological polar surface area (TPSA) is 26.3 Å². The number of rotatable bonds is 5. The van der Waals surface area contributed by atoms with Crippen LogP contribution in [0, 0.1) is 0 Å². The summed E-state index contributed by atoms with van der Waals surface area (Å²) in [5.74, 6) is 1.16. The maximum atomic E-state index is 13.1. The third-order valence-electron chi connectivity index (χ3n) is 7.20. The van der Waals surface area contributed by atoms with Gasteiger partial charge in [0.2, 0.25) is 0 Å². The Bertz CT molecular complexity index is 1010. The molecule has 1 aliphatic carbocycles. The Morgan fingerprint density at radius 2 is 1.73 bits per heavy atom. The average Bonchev–Trinajstić information content (AvgIpc) is 3.26. The highest BCUT2D eigenvalue weighted by Crippen LogP contribution is 2.50. The average molecular weight is 459 g/mol. The number of benzene rings is 2. The Balaban J connectivity index is 1.89. The zero-order valence-corrected chi connectivity index (χ0v) is 19.9. The zero-order chi connectivity index (χ0) is 24.0. The first-order chi connectivity index (χ1) is 15.5. The third kappa shape index (κ3) is 4.83. The lowest BCUT2D eigenvalue weighted by Gasteiger charge is -2.39. The third-order valence-corrected chi connectivity index (χ3v) is 7.20. The van der Waals surface area contributed by atoms with E-state index in [0.717, 1.165) is 66.5 Å². The normalized spacial score (nSPS) is 20.5. The molecule has 0 amide bonds. The van der Waals surface area contributed by atoms with Gasteiger partial charge in [0.25, 0.3) is 0 Å². The van der Waals surface area contributed by atoms with E-state index in [-0.39, 0.29) is 11.8 Å². The van der Waals surface area contributed by atoms with Crippen molar-refractivity contribution in [2.75, 3.05) is 0 Å². The first kappa shape index (κ1) is 23.8. The number of aldehydes is 1. The zero-order valence-electron chi connectivity index (χ0n) is 19.9. The lowest BCUT2D eigenvalue weighted by atomic mass is 9.74. The van der Waals surface area contributed by atoms with Crippen LogP contribution < -0.4 is 4.74 Å². The molecule has 178 valence electrons. The van der Waals surface area contributed by atoms with Gasteiger partial charge >= 0.3 is 6.18 Å². The van der Waals surface area contributed by atoms with Gasteiger partial charge in [-0.15, -0.1) is 0 Å². The van der Waals surface area contributed by atoms with E-state index < -0.39 is 17.3 Å². The first-order valence-corrected chi connectivity index (χ1v) is 12.0. The number of alkyl halides is 3. The van der Waals surface area contributed by atoms with Crippen molar-refractivity contribution in [1.29, 1.82) is 0 Å². The minimum atomic E-state index is -4.34. The SMILES string of the molecule is CC(C)c1cc2c(c(C3CCCC3)c1Cc1ccc(C(F)(F)F)cc1)C(C=O)CC(C)(C)O2. The second-order valence-electron chi connectivity index (χ2n) is 10.6. The number of hydrogen-bond acceptors (Lipinski definition) is 2. The molecule has 0 N–H and O–H groups in total. The Morgan fingerprint density at radius 3 is 2.27 bits per heavy atom. The molecule has 2 aromatic rings. The van der Waals surface area contributed by atoms with E-state index in [9.17, 15) is 18.0 Å². The maximum absolute atomic E-state index is 13.1. The van der Waals surface area contributed by atoms with Gasteiger partial charge in [0.05, 0.1) is 5.56 Å². The van der Waals surface area contributed by atoms with Gasteiger partial charge in [-0.2, -0.15) is 13.2 Å². The Morgan fingerprint density at radius 1 is 1.09 bits per heavy atom. The summed E-state index contributed by atoms with van der Waals surface area (Å²) < 4.78 is 45.6. The van der Waals surface area contributed by atoms with Crippen LogP contribution in [-0.2, 0) is 17.4 Å². The molecule has 2 aliphatic rings. The van der Waals surface area contributed by atoms with E-state index in [1.54, 1.807) is 12.1 Å². The van der Waals surface area contributed by atoms with Crippen molar-refractivity contribution >= 4 is 6.29 Å². The summed E-state index contributed by atoms with van der Waals surface area (Å²) in [6, 6.07) is 7.59. The molecular formula is C28H33F3O2. The molecular weight excluding hydrogens is 425 g/mol. The Kier molecular flexibility index (Phi) is 6.36. The van der Waals surface area contributed by atoms with Gasteiger partial charge in [0.15, 0.2) is 0 Å². The Hall–Kier alpha value is -2.30. The van der Waals surface area contributed by atoms with Gasteiger partial charge in [-0.25, -0.2) is 0 Å². The summed E-state index contributed by atoms with van der Waals surface area (Å²) in [5, 5.41) is 0. The minimum absolute atomic E-state index is 0.225. The van der Waals surface area contributed by atoms with Crippen molar-refractivity contribution in [2.45, 2.75) is 95.8 Å². The van der Waals surface area contributed by atoms with Crippen LogP contribution in [0.2, 0.25) is 0 Å². The number of carbonyl (C=O) groups is 1. The molecule has 0 radical (unpaired) electrons. The van der Waals surface area contributed by atoms with Gasteiger partial charge in [-0.05, 0) is 85.4 Å². The summed E-state index contributed by atoms with van der Waals surface area (Å²) in [4.78, 5) is 12.2. The molecule has 1 aliphatic heterocycles. The van der Waals surface area contributed by atoms with Gasteiger partial charge in [-0.3, -0.25) is 0 Å². The maximum Gasteiger partial charge on any atom is 0.416 e. The van der Waals surface area contributed by atoms with Crippen LogP contribution in [0.4, 0.5) is 13.2 Å². The first-order valence-electron chi connectivity index (χ1n) is 12.0. The summed E-state index contributed by atoms with van der Waals surface area (Å²) >= 11 is 0. The second-order valence-corrected chi connectivity index (χ2v) is 10.6. The molecule has 0 aromatic heterocycles. The molecule has 1 saturated carbocycles. The van der Waals surface area contributed by atoms with E-state index >= 15 is 0 Å². The molecule has 0 saturated heterocycles. The van der Waals surface area contributed by atoms with Crippen LogP contribution in [-0.4, -0.2) is 11.9 Å². The van der Waals surface area contributed by atoms with Gasteiger partial charge in [0, 0.05) is 17.9 Å². The largest absolute Gasteiger partial charge is 0.488 e. The number of hydrogen-bond donors (Lipinski definition) is 0. The van der Waals surface area contributed by atoms with E-state index in [1.807, 2.05) is 13.8 Å². The van der Waals surface area contributed by atoms with Crippen molar-refractivity contribution in [2.24, 2.45) is 0 Å². The number of halogens is 3. The standard InChI is InChI=1S/C28H33F3O2/c1-17(2)22-14-24-26(20(16-32)15-27(3,4)33-24)25(19-7-5-6-8-19)23(22)13-18-9-11-21(12-10-18)28(29,30)31/h9-12,14,16-17,19-20H,5-8,13,15H2,1-4H3. The fourth-order valence-electron chi connectivity index (χ4n) is 5.72. The molecule has 2 aromatic carbocycles. The van der Waals surface area contributed by atoms with Crippen LogP contribution in [0.1, 0.15) is 111 Å². The predicted octanol–water partition coefficient (Wildman–Crippen LogP) is 7.92. The monoisotopic (exact) mass is 458 g/mol. The van der Waals surface area contributed by atoms with Gasteiger partial charge in [0.1, 0.15) is 17.6 Å². The summed E-state index contributed by atoms with van der Waals surface area (Å²) in [6.07, 6.45) is 2.35. The van der Waals surface area contributed by atoms with Crippen molar-refractivity contribution < 1.29 is 22.7 Å². The van der Waals surface area contributed by atoms with Gasteiger partial charge in [-0.1, -0.05) is 38.8 Å². The number of carbonyl (C=O) groups excluding carboxylic acids is 1. The van der Waals surface area contributed by atoms with Gasteiger partial charge < -0.3 is 9.53 Å².